The molecule has 0 aliphatic carbocycles. The lowest BCUT2D eigenvalue weighted by Crippen LogP contribution is -2.29. The van der Waals surface area contributed by atoms with E-state index in [1.165, 1.54) is 12.1 Å². The predicted octanol–water partition coefficient (Wildman–Crippen LogP) is 5.01. The third kappa shape index (κ3) is 5.14. The Hall–Kier alpha value is -2.96. The molecule has 3 aromatic carbocycles. The molecule has 30 heavy (non-hydrogen) atoms. The molecule has 158 valence electrons. The van der Waals surface area contributed by atoms with E-state index in [1.807, 2.05) is 56.3 Å². The number of rotatable bonds is 8. The number of alkyl halides is 2. The molecule has 0 fully saturated rings. The minimum Gasteiger partial charge on any atom is -0.489 e. The monoisotopic (exact) mass is 414 g/mol. The number of benzene rings is 3. The predicted molar refractivity (Wildman–Crippen MR) is 111 cm³/mol. The highest BCUT2D eigenvalue weighted by molar-refractivity contribution is 5.72. The van der Waals surface area contributed by atoms with Crippen LogP contribution in [-0.2, 0) is 13.2 Å². The van der Waals surface area contributed by atoms with Crippen LogP contribution in [0, 0.1) is 13.8 Å². The number of aryl methyl sites for hydroxylation is 1. The van der Waals surface area contributed by atoms with Crippen LogP contribution >= 0.6 is 0 Å². The van der Waals surface area contributed by atoms with Gasteiger partial charge in [0.25, 0.3) is 0 Å². The van der Waals surface area contributed by atoms with Crippen molar-refractivity contribution < 1.29 is 28.5 Å². The average molecular weight is 414 g/mol. The molecule has 3 rings (SSSR count). The Labute approximate surface area is 174 Å². The lowest BCUT2D eigenvalue weighted by molar-refractivity contribution is -0.200. The zero-order chi connectivity index (χ0) is 21.7. The molecule has 0 aliphatic heterocycles. The zero-order valence-corrected chi connectivity index (χ0v) is 16.9. The molecule has 4 nitrogen and oxygen atoms in total. The van der Waals surface area contributed by atoms with Gasteiger partial charge in [0.05, 0.1) is 6.61 Å². The van der Waals surface area contributed by atoms with Gasteiger partial charge < -0.3 is 19.7 Å². The maximum Gasteiger partial charge on any atom is 0.421 e. The van der Waals surface area contributed by atoms with Crippen molar-refractivity contribution in [2.45, 2.75) is 33.2 Å². The van der Waals surface area contributed by atoms with Gasteiger partial charge in [-0.3, -0.25) is 0 Å². The molecule has 0 bridgehead atoms. The minimum atomic E-state index is -3.61. The number of hydrogen-bond donors (Lipinski definition) is 2. The van der Waals surface area contributed by atoms with E-state index in [0.717, 1.165) is 33.4 Å². The van der Waals surface area contributed by atoms with E-state index in [2.05, 4.69) is 4.74 Å². The third-order valence-electron chi connectivity index (χ3n) is 4.89. The van der Waals surface area contributed by atoms with E-state index in [-0.39, 0.29) is 12.4 Å². The van der Waals surface area contributed by atoms with Crippen LogP contribution in [0.4, 0.5) is 8.78 Å². The molecule has 0 heterocycles. The minimum absolute atomic E-state index is 0.00114. The summed E-state index contributed by atoms with van der Waals surface area (Å²) in [5.74, 6) is 0.707. The molecule has 0 radical (unpaired) electrons. The van der Waals surface area contributed by atoms with Crippen LogP contribution in [0.2, 0.25) is 0 Å². The van der Waals surface area contributed by atoms with Gasteiger partial charge in [-0.05, 0) is 71.5 Å². The van der Waals surface area contributed by atoms with Crippen molar-refractivity contribution in [2.75, 3.05) is 6.61 Å². The summed E-state index contributed by atoms with van der Waals surface area (Å²) >= 11 is 0. The van der Waals surface area contributed by atoms with Crippen LogP contribution in [0.5, 0.6) is 11.5 Å². The van der Waals surface area contributed by atoms with Gasteiger partial charge in [-0.15, -0.1) is 0 Å². The summed E-state index contributed by atoms with van der Waals surface area (Å²) in [6, 6.07) is 17.9. The largest absolute Gasteiger partial charge is 0.489 e. The molecule has 3 aromatic rings. The van der Waals surface area contributed by atoms with E-state index in [9.17, 15) is 8.78 Å². The van der Waals surface area contributed by atoms with Crippen LogP contribution in [0.15, 0.2) is 60.7 Å². The maximum atomic E-state index is 13.3. The molecule has 0 unspecified atom stereocenters. The van der Waals surface area contributed by atoms with Gasteiger partial charge in [-0.25, -0.2) is 0 Å². The van der Waals surface area contributed by atoms with E-state index in [4.69, 9.17) is 14.9 Å². The fraction of sp³-hybridized carbons (Fsp3) is 0.250. The molecule has 0 saturated heterocycles. The topological polar surface area (TPSA) is 58.9 Å². The smallest absolute Gasteiger partial charge is 0.421 e. The summed E-state index contributed by atoms with van der Waals surface area (Å²) in [6.07, 6.45) is -3.61. The molecule has 0 atom stereocenters. The van der Waals surface area contributed by atoms with Crippen LogP contribution in [0.25, 0.3) is 11.1 Å². The number of hydrogen-bond acceptors (Lipinski definition) is 4. The van der Waals surface area contributed by atoms with Crippen molar-refractivity contribution in [3.05, 3.63) is 82.9 Å². The van der Waals surface area contributed by atoms with Crippen LogP contribution in [0.1, 0.15) is 22.3 Å². The molecular weight excluding hydrogens is 390 g/mol. The molecule has 0 aromatic heterocycles. The summed E-state index contributed by atoms with van der Waals surface area (Å²) in [5, 5.41) is 17.8. The Morgan fingerprint density at radius 3 is 2.20 bits per heavy atom. The van der Waals surface area contributed by atoms with Crippen molar-refractivity contribution in [3.63, 3.8) is 0 Å². The lowest BCUT2D eigenvalue weighted by Gasteiger charge is -2.18. The maximum absolute atomic E-state index is 13.3. The normalized spacial score (nSPS) is 11.4. The van der Waals surface area contributed by atoms with Crippen LogP contribution in [-0.4, -0.2) is 22.9 Å². The lowest BCUT2D eigenvalue weighted by atomic mass is 9.93. The van der Waals surface area contributed by atoms with Crippen molar-refractivity contribution in [2.24, 2.45) is 0 Å². The highest BCUT2D eigenvalue weighted by Gasteiger charge is 2.30. The fourth-order valence-electron chi connectivity index (χ4n) is 3.19. The number of ether oxygens (including phenoxy) is 2. The third-order valence-corrected chi connectivity index (χ3v) is 4.89. The Balaban J connectivity index is 1.80. The van der Waals surface area contributed by atoms with E-state index in [0.29, 0.717) is 12.4 Å². The molecule has 0 spiro atoms. The van der Waals surface area contributed by atoms with E-state index < -0.39 is 12.7 Å². The highest BCUT2D eigenvalue weighted by Crippen LogP contribution is 2.32. The van der Waals surface area contributed by atoms with Crippen molar-refractivity contribution in [1.29, 1.82) is 0 Å². The zero-order valence-electron chi connectivity index (χ0n) is 16.9. The molecule has 6 heteroatoms. The highest BCUT2D eigenvalue weighted by atomic mass is 19.3. The first-order valence-electron chi connectivity index (χ1n) is 9.53. The number of aliphatic hydroxyl groups excluding tert-OH is 2. The molecular formula is C24H24F2O4. The molecule has 0 aliphatic rings. The summed E-state index contributed by atoms with van der Waals surface area (Å²) in [6.45, 7) is 2.80. The molecule has 0 amide bonds. The number of aliphatic hydroxyl groups is 2. The first kappa shape index (κ1) is 21.7. The van der Waals surface area contributed by atoms with Crippen molar-refractivity contribution in [1.82, 2.24) is 0 Å². The summed E-state index contributed by atoms with van der Waals surface area (Å²) < 4.78 is 37.0. The summed E-state index contributed by atoms with van der Waals surface area (Å²) in [7, 11) is 0. The molecule has 2 N–H and O–H groups in total. The summed E-state index contributed by atoms with van der Waals surface area (Å²) in [5.41, 5.74) is 5.51. The van der Waals surface area contributed by atoms with Gasteiger partial charge in [0.15, 0.2) is 0 Å². The standard InChI is InChI=1S/C24H24F2O4/c1-16-12-21(30-24(25,26)15-28)10-11-22(16)23-5-3-4-19(17(23)2)14-29-20-8-6-18(13-27)7-9-20/h3-12,27-28H,13-15H2,1-2H3. The molecule has 0 saturated carbocycles. The Kier molecular flexibility index (Phi) is 6.70. The average Bonchev–Trinajstić information content (AvgIpc) is 2.74. The fourth-order valence-corrected chi connectivity index (χ4v) is 3.19. The van der Waals surface area contributed by atoms with Gasteiger partial charge in [0, 0.05) is 0 Å². The van der Waals surface area contributed by atoms with Gasteiger partial charge >= 0.3 is 6.11 Å². The van der Waals surface area contributed by atoms with Gasteiger partial charge in [-0.1, -0.05) is 36.4 Å². The van der Waals surface area contributed by atoms with E-state index in [1.54, 1.807) is 6.07 Å². The van der Waals surface area contributed by atoms with Crippen LogP contribution < -0.4 is 9.47 Å². The number of halogens is 2. The quantitative estimate of drug-likeness (QED) is 0.544. The SMILES string of the molecule is Cc1cc(OC(F)(F)CO)ccc1-c1cccc(COc2ccc(CO)cc2)c1C. The Morgan fingerprint density at radius 2 is 1.57 bits per heavy atom. The first-order chi connectivity index (χ1) is 14.3. The van der Waals surface area contributed by atoms with Gasteiger partial charge in [-0.2, -0.15) is 8.78 Å². The second-order valence-corrected chi connectivity index (χ2v) is 7.05. The van der Waals surface area contributed by atoms with Gasteiger partial charge in [0.2, 0.25) is 0 Å². The Morgan fingerprint density at radius 1 is 0.867 bits per heavy atom. The Bertz CT molecular complexity index is 1000. The van der Waals surface area contributed by atoms with Gasteiger partial charge in [0.1, 0.15) is 24.7 Å². The van der Waals surface area contributed by atoms with Crippen LogP contribution in [0.3, 0.4) is 0 Å². The first-order valence-corrected chi connectivity index (χ1v) is 9.53. The van der Waals surface area contributed by atoms with Crippen molar-refractivity contribution in [3.8, 4) is 22.6 Å². The summed E-state index contributed by atoms with van der Waals surface area (Å²) in [4.78, 5) is 0. The van der Waals surface area contributed by atoms with E-state index >= 15 is 0 Å². The second-order valence-electron chi connectivity index (χ2n) is 7.05. The second kappa shape index (κ2) is 9.24. The van der Waals surface area contributed by atoms with Crippen molar-refractivity contribution >= 4 is 0 Å².